The van der Waals surface area contributed by atoms with Gasteiger partial charge in [0.25, 0.3) is 5.91 Å². The first-order valence-electron chi connectivity index (χ1n) is 6.92. The van der Waals surface area contributed by atoms with Gasteiger partial charge in [0, 0.05) is 20.1 Å². The second kappa shape index (κ2) is 4.77. The van der Waals surface area contributed by atoms with E-state index in [1.807, 2.05) is 13.1 Å². The Balaban J connectivity index is 2.02. The second-order valence-corrected chi connectivity index (χ2v) is 5.50. The third kappa shape index (κ3) is 2.11. The van der Waals surface area contributed by atoms with Gasteiger partial charge >= 0.3 is 0 Å². The Bertz CT molecular complexity index is 663. The molecule has 106 valence electrons. The van der Waals surface area contributed by atoms with Gasteiger partial charge in [0.15, 0.2) is 5.65 Å². The van der Waals surface area contributed by atoms with Crippen molar-refractivity contribution in [3.63, 3.8) is 0 Å². The molecule has 3 rings (SSSR count). The summed E-state index contributed by atoms with van der Waals surface area (Å²) in [6.07, 6.45) is 3.18. The summed E-state index contributed by atoms with van der Waals surface area (Å²) in [7, 11) is 1.58. The van der Waals surface area contributed by atoms with Crippen LogP contribution >= 0.6 is 0 Å². The van der Waals surface area contributed by atoms with E-state index in [1.165, 1.54) is 6.42 Å². The van der Waals surface area contributed by atoms with Crippen molar-refractivity contribution in [2.24, 2.45) is 5.92 Å². The standard InChI is InChI=1S/C14H19N5O/c1-9-4-5-18(7-9)11-6-10(2)13-16-12(14(20)15-3)17-19(13)8-11/h6,8-9H,4-5,7H2,1-3H3,(H,15,20). The van der Waals surface area contributed by atoms with E-state index in [-0.39, 0.29) is 11.7 Å². The maximum absolute atomic E-state index is 11.6. The van der Waals surface area contributed by atoms with E-state index in [2.05, 4.69) is 33.3 Å². The molecule has 2 aromatic heterocycles. The molecule has 0 spiro atoms. The molecule has 1 atom stereocenters. The van der Waals surface area contributed by atoms with Crippen molar-refractivity contribution in [1.29, 1.82) is 0 Å². The Kier molecular flexibility index (Phi) is 3.08. The minimum atomic E-state index is -0.260. The number of hydrogen-bond donors (Lipinski definition) is 1. The summed E-state index contributed by atoms with van der Waals surface area (Å²) in [4.78, 5) is 18.3. The Morgan fingerprint density at radius 1 is 1.50 bits per heavy atom. The summed E-state index contributed by atoms with van der Waals surface area (Å²) >= 11 is 0. The molecule has 1 amide bonds. The predicted molar refractivity (Wildman–Crippen MR) is 77.1 cm³/mol. The van der Waals surface area contributed by atoms with Crippen molar-refractivity contribution in [2.75, 3.05) is 25.0 Å². The zero-order valence-electron chi connectivity index (χ0n) is 12.1. The molecule has 1 saturated heterocycles. The molecule has 2 aromatic rings. The molecular weight excluding hydrogens is 254 g/mol. The van der Waals surface area contributed by atoms with Gasteiger partial charge in [-0.05, 0) is 30.9 Å². The monoisotopic (exact) mass is 273 g/mol. The topological polar surface area (TPSA) is 62.5 Å². The molecule has 6 heteroatoms. The molecular formula is C14H19N5O. The molecule has 0 saturated carbocycles. The highest BCUT2D eigenvalue weighted by molar-refractivity contribution is 5.90. The van der Waals surface area contributed by atoms with Crippen LogP contribution in [0.5, 0.6) is 0 Å². The number of nitrogens with one attached hydrogen (secondary N) is 1. The Hall–Kier alpha value is -2.11. The Morgan fingerprint density at radius 2 is 2.30 bits per heavy atom. The second-order valence-electron chi connectivity index (χ2n) is 5.50. The minimum Gasteiger partial charge on any atom is -0.370 e. The zero-order chi connectivity index (χ0) is 14.3. The van der Waals surface area contributed by atoms with E-state index >= 15 is 0 Å². The number of aromatic nitrogens is 3. The van der Waals surface area contributed by atoms with Gasteiger partial charge in [0.2, 0.25) is 5.82 Å². The van der Waals surface area contributed by atoms with Crippen molar-refractivity contribution < 1.29 is 4.79 Å². The van der Waals surface area contributed by atoms with Gasteiger partial charge in [0.05, 0.1) is 11.9 Å². The molecule has 3 heterocycles. The zero-order valence-corrected chi connectivity index (χ0v) is 12.1. The summed E-state index contributed by atoms with van der Waals surface area (Å²) < 4.78 is 1.71. The summed E-state index contributed by atoms with van der Waals surface area (Å²) in [5, 5.41) is 6.81. The number of carbonyl (C=O) groups excluding carboxylic acids is 1. The maximum atomic E-state index is 11.6. The van der Waals surface area contributed by atoms with E-state index in [4.69, 9.17) is 0 Å². The molecule has 0 aromatic carbocycles. The first-order chi connectivity index (χ1) is 9.58. The third-order valence-electron chi connectivity index (χ3n) is 3.82. The molecule has 1 N–H and O–H groups in total. The molecule has 1 aliphatic rings. The minimum absolute atomic E-state index is 0.211. The number of nitrogens with zero attached hydrogens (tertiary/aromatic N) is 4. The highest BCUT2D eigenvalue weighted by Gasteiger charge is 2.21. The smallest absolute Gasteiger partial charge is 0.290 e. The summed E-state index contributed by atoms with van der Waals surface area (Å²) in [5.74, 6) is 0.676. The van der Waals surface area contributed by atoms with E-state index < -0.39 is 0 Å². The first kappa shape index (κ1) is 12.9. The van der Waals surface area contributed by atoms with Gasteiger partial charge in [-0.25, -0.2) is 9.50 Å². The van der Waals surface area contributed by atoms with Crippen LogP contribution in [0.15, 0.2) is 12.3 Å². The van der Waals surface area contributed by atoms with Crippen LogP contribution in [0.2, 0.25) is 0 Å². The first-order valence-corrected chi connectivity index (χ1v) is 6.92. The number of carbonyl (C=O) groups is 1. The Morgan fingerprint density at radius 3 is 2.95 bits per heavy atom. The van der Waals surface area contributed by atoms with Crippen LogP contribution in [-0.4, -0.2) is 40.6 Å². The lowest BCUT2D eigenvalue weighted by molar-refractivity contribution is 0.0953. The summed E-state index contributed by atoms with van der Waals surface area (Å²) in [6, 6.07) is 2.12. The van der Waals surface area contributed by atoms with Crippen molar-refractivity contribution in [2.45, 2.75) is 20.3 Å². The fraction of sp³-hybridized carbons (Fsp3) is 0.500. The lowest BCUT2D eigenvalue weighted by Gasteiger charge is -2.18. The fourth-order valence-corrected chi connectivity index (χ4v) is 2.68. The molecule has 1 fully saturated rings. The largest absolute Gasteiger partial charge is 0.370 e. The van der Waals surface area contributed by atoms with Crippen LogP contribution in [0.4, 0.5) is 5.69 Å². The number of anilines is 1. The van der Waals surface area contributed by atoms with Crippen molar-refractivity contribution in [1.82, 2.24) is 19.9 Å². The fourth-order valence-electron chi connectivity index (χ4n) is 2.68. The highest BCUT2D eigenvalue weighted by Crippen LogP contribution is 2.25. The van der Waals surface area contributed by atoms with Gasteiger partial charge in [-0.1, -0.05) is 6.92 Å². The average molecular weight is 273 g/mol. The maximum Gasteiger partial charge on any atom is 0.290 e. The van der Waals surface area contributed by atoms with E-state index in [1.54, 1.807) is 11.6 Å². The predicted octanol–water partition coefficient (Wildman–Crippen LogP) is 1.24. The van der Waals surface area contributed by atoms with Crippen LogP contribution < -0.4 is 10.2 Å². The quantitative estimate of drug-likeness (QED) is 0.894. The number of pyridine rings is 1. The van der Waals surface area contributed by atoms with Crippen LogP contribution in [0.3, 0.4) is 0 Å². The molecule has 0 bridgehead atoms. The third-order valence-corrected chi connectivity index (χ3v) is 3.82. The lowest BCUT2D eigenvalue weighted by Crippen LogP contribution is -2.20. The van der Waals surface area contributed by atoms with Crippen LogP contribution in [-0.2, 0) is 0 Å². The number of aryl methyl sites for hydroxylation is 1. The Labute approximate surface area is 117 Å². The molecule has 6 nitrogen and oxygen atoms in total. The molecule has 0 radical (unpaired) electrons. The van der Waals surface area contributed by atoms with Gasteiger partial charge in [-0.3, -0.25) is 4.79 Å². The van der Waals surface area contributed by atoms with Crippen molar-refractivity contribution in [3.05, 3.63) is 23.7 Å². The van der Waals surface area contributed by atoms with E-state index in [0.29, 0.717) is 0 Å². The van der Waals surface area contributed by atoms with Gasteiger partial charge in [-0.15, -0.1) is 5.10 Å². The molecule has 1 unspecified atom stereocenters. The molecule has 20 heavy (non-hydrogen) atoms. The van der Waals surface area contributed by atoms with Gasteiger partial charge < -0.3 is 10.2 Å². The van der Waals surface area contributed by atoms with E-state index in [0.717, 1.165) is 35.9 Å². The number of rotatable bonds is 2. The number of fused-ring (bicyclic) bond motifs is 1. The highest BCUT2D eigenvalue weighted by atomic mass is 16.2. The SMILES string of the molecule is CNC(=O)c1nc2c(C)cc(N3CCC(C)C3)cn2n1. The summed E-state index contributed by atoms with van der Waals surface area (Å²) in [6.45, 7) is 6.41. The van der Waals surface area contributed by atoms with Gasteiger partial charge in [-0.2, -0.15) is 0 Å². The number of hydrogen-bond acceptors (Lipinski definition) is 4. The van der Waals surface area contributed by atoms with Crippen LogP contribution in [0.1, 0.15) is 29.5 Å². The lowest BCUT2D eigenvalue weighted by atomic mass is 10.2. The van der Waals surface area contributed by atoms with Crippen molar-refractivity contribution >= 4 is 17.2 Å². The normalized spacial score (nSPS) is 18.8. The number of amides is 1. The average Bonchev–Trinajstić information content (AvgIpc) is 3.04. The van der Waals surface area contributed by atoms with Crippen LogP contribution in [0.25, 0.3) is 5.65 Å². The van der Waals surface area contributed by atoms with E-state index in [9.17, 15) is 4.79 Å². The summed E-state index contributed by atoms with van der Waals surface area (Å²) in [5.41, 5.74) is 2.91. The van der Waals surface area contributed by atoms with Crippen molar-refractivity contribution in [3.8, 4) is 0 Å². The van der Waals surface area contributed by atoms with Gasteiger partial charge in [0.1, 0.15) is 0 Å². The molecule has 0 aliphatic carbocycles. The van der Waals surface area contributed by atoms with Crippen LogP contribution in [0, 0.1) is 12.8 Å². The molecule has 1 aliphatic heterocycles.